The molecule has 0 saturated heterocycles. The van der Waals surface area contributed by atoms with E-state index in [2.05, 4.69) is 15.6 Å². The van der Waals surface area contributed by atoms with Crippen LogP contribution in [0.15, 0.2) is 52.7 Å². The first-order valence-electron chi connectivity index (χ1n) is 7.52. The fraction of sp³-hybridized carbons (Fsp3) is 0.250. The molecule has 1 atom stereocenters. The molecule has 0 aliphatic rings. The first kappa shape index (κ1) is 19.1. The summed E-state index contributed by atoms with van der Waals surface area (Å²) in [5.41, 5.74) is 4.55. The van der Waals surface area contributed by atoms with E-state index < -0.39 is 27.9 Å². The Labute approximate surface area is 150 Å². The van der Waals surface area contributed by atoms with Crippen LogP contribution in [0.2, 0.25) is 0 Å². The van der Waals surface area contributed by atoms with Crippen molar-refractivity contribution in [2.24, 2.45) is 5.92 Å². The van der Waals surface area contributed by atoms with Crippen molar-refractivity contribution in [3.05, 3.63) is 52.7 Å². The largest absolute Gasteiger partial charge is 0.279 e. The molecule has 0 fully saturated rings. The van der Waals surface area contributed by atoms with E-state index in [1.807, 2.05) is 0 Å². The number of sulfonamides is 1. The van der Waals surface area contributed by atoms with Crippen molar-refractivity contribution < 1.29 is 18.0 Å². The second kappa shape index (κ2) is 8.24. The Morgan fingerprint density at radius 2 is 1.68 bits per heavy atom. The first-order valence-corrected chi connectivity index (χ1v) is 9.88. The van der Waals surface area contributed by atoms with Crippen LogP contribution in [-0.4, -0.2) is 26.3 Å². The van der Waals surface area contributed by atoms with Gasteiger partial charge in [0.05, 0.1) is 9.77 Å². The van der Waals surface area contributed by atoms with Gasteiger partial charge in [0.1, 0.15) is 6.04 Å². The number of carbonyl (C=O) groups excluding carboxylic acids is 2. The molecule has 25 heavy (non-hydrogen) atoms. The molecule has 3 N–H and O–H groups in total. The van der Waals surface area contributed by atoms with Gasteiger partial charge in [0.15, 0.2) is 0 Å². The summed E-state index contributed by atoms with van der Waals surface area (Å²) in [6.07, 6.45) is 0. The molecular formula is C16H19N3O4S2. The third-order valence-corrected chi connectivity index (χ3v) is 5.65. The second-order valence-electron chi connectivity index (χ2n) is 5.58. The van der Waals surface area contributed by atoms with Crippen molar-refractivity contribution in [2.75, 3.05) is 0 Å². The van der Waals surface area contributed by atoms with Gasteiger partial charge in [-0.05, 0) is 29.5 Å². The standard InChI is InChI=1S/C16H19N3O4S2/c1-11(2)14(19-25(22,23)12-7-4-3-5-8-12)16(21)18-17-15(20)13-9-6-10-24-13/h3-11,14,19H,1-2H3,(H,17,20)(H,18,21)/t14-/m0/s1. The van der Waals surface area contributed by atoms with E-state index in [9.17, 15) is 18.0 Å². The number of hydrazine groups is 1. The van der Waals surface area contributed by atoms with Crippen LogP contribution < -0.4 is 15.6 Å². The van der Waals surface area contributed by atoms with Gasteiger partial charge in [0.2, 0.25) is 10.0 Å². The molecule has 1 aromatic carbocycles. The van der Waals surface area contributed by atoms with Crippen molar-refractivity contribution in [1.82, 2.24) is 15.6 Å². The Hall–Kier alpha value is -2.23. The Balaban J connectivity index is 2.04. The fourth-order valence-corrected chi connectivity index (χ4v) is 3.98. The summed E-state index contributed by atoms with van der Waals surface area (Å²) in [7, 11) is -3.85. The molecule has 1 heterocycles. The molecule has 9 heteroatoms. The highest BCUT2D eigenvalue weighted by atomic mass is 32.2. The number of thiophene rings is 1. The van der Waals surface area contributed by atoms with Gasteiger partial charge >= 0.3 is 0 Å². The van der Waals surface area contributed by atoms with Crippen LogP contribution in [0.3, 0.4) is 0 Å². The van der Waals surface area contributed by atoms with Crippen molar-refractivity contribution in [3.8, 4) is 0 Å². The first-order chi connectivity index (χ1) is 11.8. The minimum atomic E-state index is -3.85. The summed E-state index contributed by atoms with van der Waals surface area (Å²) in [5.74, 6) is -1.42. The quantitative estimate of drug-likeness (QED) is 0.660. The zero-order chi connectivity index (χ0) is 18.4. The number of carbonyl (C=O) groups is 2. The van der Waals surface area contributed by atoms with Gasteiger partial charge in [-0.2, -0.15) is 4.72 Å². The second-order valence-corrected chi connectivity index (χ2v) is 8.24. The molecule has 0 radical (unpaired) electrons. The predicted molar refractivity (Wildman–Crippen MR) is 95.3 cm³/mol. The highest BCUT2D eigenvalue weighted by Gasteiger charge is 2.28. The number of nitrogens with one attached hydrogen (secondary N) is 3. The van der Waals surface area contributed by atoms with E-state index in [4.69, 9.17) is 0 Å². The third-order valence-electron chi connectivity index (χ3n) is 3.33. The summed E-state index contributed by atoms with van der Waals surface area (Å²) < 4.78 is 27.2. The summed E-state index contributed by atoms with van der Waals surface area (Å²) in [6.45, 7) is 3.41. The SMILES string of the molecule is CC(C)[C@H](NS(=O)(=O)c1ccccc1)C(=O)NNC(=O)c1cccs1. The molecule has 0 bridgehead atoms. The lowest BCUT2D eigenvalue weighted by molar-refractivity contribution is -0.124. The maximum absolute atomic E-state index is 12.4. The van der Waals surface area contributed by atoms with Crippen LogP contribution in [0.4, 0.5) is 0 Å². The van der Waals surface area contributed by atoms with Gasteiger partial charge in [0, 0.05) is 0 Å². The van der Waals surface area contributed by atoms with E-state index in [0.29, 0.717) is 4.88 Å². The molecule has 2 amide bonds. The van der Waals surface area contributed by atoms with Crippen molar-refractivity contribution >= 4 is 33.2 Å². The van der Waals surface area contributed by atoms with E-state index in [-0.39, 0.29) is 10.8 Å². The zero-order valence-corrected chi connectivity index (χ0v) is 15.4. The van der Waals surface area contributed by atoms with Gasteiger partial charge in [-0.3, -0.25) is 20.4 Å². The molecule has 0 unspecified atom stereocenters. The van der Waals surface area contributed by atoms with Crippen molar-refractivity contribution in [2.45, 2.75) is 24.8 Å². The summed E-state index contributed by atoms with van der Waals surface area (Å²) in [6, 6.07) is 10.1. The smallest absolute Gasteiger partial charge is 0.271 e. The van der Waals surface area contributed by atoms with Crippen LogP contribution in [-0.2, 0) is 14.8 Å². The average Bonchev–Trinajstić information content (AvgIpc) is 3.12. The van der Waals surface area contributed by atoms with Crippen LogP contribution >= 0.6 is 11.3 Å². The van der Waals surface area contributed by atoms with Gasteiger partial charge in [-0.15, -0.1) is 11.3 Å². The Morgan fingerprint density at radius 1 is 1.00 bits per heavy atom. The number of hydrogen-bond acceptors (Lipinski definition) is 5. The van der Waals surface area contributed by atoms with Crippen LogP contribution in [0.25, 0.3) is 0 Å². The molecule has 2 aromatic rings. The molecule has 7 nitrogen and oxygen atoms in total. The van der Waals surface area contributed by atoms with E-state index >= 15 is 0 Å². The Kier molecular flexibility index (Phi) is 6.29. The van der Waals surface area contributed by atoms with E-state index in [1.165, 1.54) is 23.5 Å². The maximum Gasteiger partial charge on any atom is 0.279 e. The molecule has 2 rings (SSSR count). The molecule has 0 saturated carbocycles. The monoisotopic (exact) mass is 381 g/mol. The number of rotatable bonds is 6. The number of hydrogen-bond donors (Lipinski definition) is 3. The summed E-state index contributed by atoms with van der Waals surface area (Å²) in [4.78, 5) is 24.7. The normalized spacial score (nSPS) is 12.6. The van der Waals surface area contributed by atoms with Crippen molar-refractivity contribution in [3.63, 3.8) is 0 Å². The lowest BCUT2D eigenvalue weighted by atomic mass is 10.1. The minimum Gasteiger partial charge on any atom is -0.271 e. The lowest BCUT2D eigenvalue weighted by Crippen LogP contribution is -2.54. The Morgan fingerprint density at radius 3 is 2.24 bits per heavy atom. The zero-order valence-electron chi connectivity index (χ0n) is 13.7. The van der Waals surface area contributed by atoms with Crippen LogP contribution in [0, 0.1) is 5.92 Å². The average molecular weight is 381 g/mol. The van der Waals surface area contributed by atoms with Gasteiger partial charge in [0.25, 0.3) is 11.8 Å². The fourth-order valence-electron chi connectivity index (χ4n) is 1.99. The summed E-state index contributed by atoms with van der Waals surface area (Å²) >= 11 is 1.23. The highest BCUT2D eigenvalue weighted by molar-refractivity contribution is 7.89. The summed E-state index contributed by atoms with van der Waals surface area (Å²) in [5, 5.41) is 1.74. The van der Waals surface area contributed by atoms with Gasteiger partial charge in [-0.1, -0.05) is 38.1 Å². The van der Waals surface area contributed by atoms with Gasteiger partial charge < -0.3 is 0 Å². The van der Waals surface area contributed by atoms with E-state index in [0.717, 1.165) is 0 Å². The maximum atomic E-state index is 12.4. The molecule has 1 aromatic heterocycles. The lowest BCUT2D eigenvalue weighted by Gasteiger charge is -2.21. The highest BCUT2D eigenvalue weighted by Crippen LogP contribution is 2.11. The van der Waals surface area contributed by atoms with Crippen LogP contribution in [0.5, 0.6) is 0 Å². The number of amides is 2. The third kappa shape index (κ3) is 5.12. The molecular weight excluding hydrogens is 362 g/mol. The number of benzene rings is 1. The molecule has 0 spiro atoms. The molecule has 0 aliphatic heterocycles. The van der Waals surface area contributed by atoms with Crippen LogP contribution in [0.1, 0.15) is 23.5 Å². The minimum absolute atomic E-state index is 0.0658. The van der Waals surface area contributed by atoms with E-state index in [1.54, 1.807) is 49.6 Å². The molecule has 134 valence electrons. The molecule has 0 aliphatic carbocycles. The Bertz CT molecular complexity index is 818. The van der Waals surface area contributed by atoms with Gasteiger partial charge in [-0.25, -0.2) is 8.42 Å². The topological polar surface area (TPSA) is 104 Å². The van der Waals surface area contributed by atoms with Crippen molar-refractivity contribution in [1.29, 1.82) is 0 Å². The predicted octanol–water partition coefficient (Wildman–Crippen LogP) is 1.51.